The van der Waals surface area contributed by atoms with Crippen molar-refractivity contribution in [2.75, 3.05) is 11.9 Å². The van der Waals surface area contributed by atoms with Gasteiger partial charge in [0.1, 0.15) is 18.0 Å². The number of hydrogen-bond acceptors (Lipinski definition) is 4. The van der Waals surface area contributed by atoms with Crippen molar-refractivity contribution < 1.29 is 9.53 Å². The van der Waals surface area contributed by atoms with Gasteiger partial charge in [-0.1, -0.05) is 6.07 Å². The molecule has 1 N–H and O–H groups in total. The maximum atomic E-state index is 11.3. The summed E-state index contributed by atoms with van der Waals surface area (Å²) in [5.41, 5.74) is -0.442. The lowest BCUT2D eigenvalue weighted by Crippen LogP contribution is -2.28. The van der Waals surface area contributed by atoms with Crippen LogP contribution in [0.2, 0.25) is 0 Å². The third kappa shape index (κ3) is 6.24. The number of aromatic nitrogens is 1. The molecule has 0 aliphatic carbocycles. The Morgan fingerprint density at radius 1 is 1.44 bits per heavy atom. The smallest absolute Gasteiger partial charge is 0.325 e. The minimum Gasteiger partial charge on any atom is -0.459 e. The quantitative estimate of drug-likeness (QED) is 0.829. The van der Waals surface area contributed by atoms with E-state index in [1.165, 1.54) is 0 Å². The van der Waals surface area contributed by atoms with Crippen LogP contribution in [0.4, 0.5) is 5.82 Å². The minimum absolute atomic E-state index is 0. The summed E-state index contributed by atoms with van der Waals surface area (Å²) in [7, 11) is 0. The van der Waals surface area contributed by atoms with E-state index in [2.05, 4.69) is 10.3 Å². The summed E-state index contributed by atoms with van der Waals surface area (Å²) in [6.07, 6.45) is 1.66. The summed E-state index contributed by atoms with van der Waals surface area (Å²) in [5, 5.41) is 2.88. The molecule has 0 amide bonds. The van der Waals surface area contributed by atoms with E-state index in [0.29, 0.717) is 5.82 Å². The highest BCUT2D eigenvalue weighted by Crippen LogP contribution is 2.07. The molecule has 0 aliphatic heterocycles. The third-order valence-corrected chi connectivity index (χ3v) is 1.50. The second-order valence-corrected chi connectivity index (χ2v) is 4.15. The Morgan fingerprint density at radius 3 is 2.62 bits per heavy atom. The SMILES string of the molecule is CC(C)(C)OC(=O)CNc1ccccn1.Cl. The average molecular weight is 245 g/mol. The molecule has 0 fully saturated rings. The first kappa shape index (κ1) is 14.7. The predicted octanol–water partition coefficient (Wildman–Crippen LogP) is 2.26. The zero-order valence-electron chi connectivity index (χ0n) is 9.69. The Hall–Kier alpha value is -1.29. The molecule has 1 aromatic rings. The van der Waals surface area contributed by atoms with Crippen LogP contribution in [0.3, 0.4) is 0 Å². The molecule has 0 bridgehead atoms. The summed E-state index contributed by atoms with van der Waals surface area (Å²) in [5.74, 6) is 0.386. The van der Waals surface area contributed by atoms with Crippen LogP contribution < -0.4 is 5.32 Å². The van der Waals surface area contributed by atoms with Crippen molar-refractivity contribution in [1.29, 1.82) is 0 Å². The summed E-state index contributed by atoms with van der Waals surface area (Å²) >= 11 is 0. The van der Waals surface area contributed by atoms with Gasteiger partial charge in [-0.25, -0.2) is 4.98 Å². The van der Waals surface area contributed by atoms with Crippen molar-refractivity contribution in [3.63, 3.8) is 0 Å². The van der Waals surface area contributed by atoms with E-state index in [1.807, 2.05) is 32.9 Å². The Balaban J connectivity index is 0.00000225. The second kappa shape index (κ2) is 6.33. The largest absolute Gasteiger partial charge is 0.459 e. The fraction of sp³-hybridized carbons (Fsp3) is 0.455. The molecule has 1 heterocycles. The third-order valence-electron chi connectivity index (χ3n) is 1.50. The molecule has 0 aliphatic rings. The first-order valence-corrected chi connectivity index (χ1v) is 4.84. The molecular formula is C11H17ClN2O2. The standard InChI is InChI=1S/C11H16N2O2.ClH/c1-11(2,3)15-10(14)8-13-9-6-4-5-7-12-9;/h4-7H,8H2,1-3H3,(H,12,13);1H. The molecule has 1 rings (SSSR count). The van der Waals surface area contributed by atoms with Crippen LogP contribution in [0.1, 0.15) is 20.8 Å². The lowest BCUT2D eigenvalue weighted by Gasteiger charge is -2.19. The number of nitrogens with one attached hydrogen (secondary N) is 1. The van der Waals surface area contributed by atoms with E-state index in [0.717, 1.165) is 0 Å². The number of esters is 1. The molecule has 0 unspecified atom stereocenters. The van der Waals surface area contributed by atoms with Crippen LogP contribution in [0.15, 0.2) is 24.4 Å². The van der Waals surface area contributed by atoms with Gasteiger partial charge < -0.3 is 10.1 Å². The summed E-state index contributed by atoms with van der Waals surface area (Å²) in [6.45, 7) is 5.65. The van der Waals surface area contributed by atoms with Gasteiger partial charge in [-0.3, -0.25) is 4.79 Å². The highest BCUT2D eigenvalue weighted by atomic mass is 35.5. The molecule has 0 saturated carbocycles. The monoisotopic (exact) mass is 244 g/mol. The fourth-order valence-electron chi connectivity index (χ4n) is 1.01. The number of carbonyl (C=O) groups is 1. The van der Waals surface area contributed by atoms with Gasteiger partial charge in [0.15, 0.2) is 0 Å². The van der Waals surface area contributed by atoms with Crippen molar-refractivity contribution in [1.82, 2.24) is 4.98 Å². The van der Waals surface area contributed by atoms with Gasteiger partial charge in [-0.05, 0) is 32.9 Å². The normalized spacial score (nSPS) is 10.2. The number of pyridine rings is 1. The van der Waals surface area contributed by atoms with Crippen LogP contribution in [-0.4, -0.2) is 23.1 Å². The van der Waals surface area contributed by atoms with Crippen LogP contribution >= 0.6 is 12.4 Å². The zero-order chi connectivity index (χ0) is 11.3. The molecule has 16 heavy (non-hydrogen) atoms. The molecule has 0 atom stereocenters. The van der Waals surface area contributed by atoms with Crippen LogP contribution in [-0.2, 0) is 9.53 Å². The molecule has 0 saturated heterocycles. The average Bonchev–Trinajstić information content (AvgIpc) is 2.14. The van der Waals surface area contributed by atoms with Gasteiger partial charge in [0.25, 0.3) is 0 Å². The van der Waals surface area contributed by atoms with Crippen molar-refractivity contribution in [2.45, 2.75) is 26.4 Å². The van der Waals surface area contributed by atoms with E-state index in [-0.39, 0.29) is 24.9 Å². The van der Waals surface area contributed by atoms with Gasteiger partial charge in [0, 0.05) is 6.20 Å². The van der Waals surface area contributed by atoms with Crippen molar-refractivity contribution in [2.24, 2.45) is 0 Å². The lowest BCUT2D eigenvalue weighted by molar-refractivity contribution is -0.152. The topological polar surface area (TPSA) is 51.2 Å². The molecule has 0 aromatic carbocycles. The Labute approximate surface area is 102 Å². The zero-order valence-corrected chi connectivity index (χ0v) is 10.5. The van der Waals surface area contributed by atoms with Crippen molar-refractivity contribution in [3.8, 4) is 0 Å². The van der Waals surface area contributed by atoms with Crippen LogP contribution in [0.25, 0.3) is 0 Å². The van der Waals surface area contributed by atoms with Gasteiger partial charge in [-0.2, -0.15) is 0 Å². The highest BCUT2D eigenvalue weighted by molar-refractivity contribution is 5.85. The van der Waals surface area contributed by atoms with E-state index in [9.17, 15) is 4.79 Å². The van der Waals surface area contributed by atoms with Crippen LogP contribution in [0.5, 0.6) is 0 Å². The Morgan fingerprint density at radius 2 is 2.12 bits per heavy atom. The summed E-state index contributed by atoms with van der Waals surface area (Å²) in [4.78, 5) is 15.3. The number of anilines is 1. The summed E-state index contributed by atoms with van der Waals surface area (Å²) in [6, 6.07) is 5.47. The highest BCUT2D eigenvalue weighted by Gasteiger charge is 2.15. The number of rotatable bonds is 3. The Kier molecular flexibility index (Phi) is 5.82. The van der Waals surface area contributed by atoms with Gasteiger partial charge in [-0.15, -0.1) is 12.4 Å². The van der Waals surface area contributed by atoms with E-state index >= 15 is 0 Å². The van der Waals surface area contributed by atoms with Gasteiger partial charge in [0.2, 0.25) is 0 Å². The maximum Gasteiger partial charge on any atom is 0.325 e. The first-order chi connectivity index (χ1) is 6.97. The maximum absolute atomic E-state index is 11.3. The molecule has 4 nitrogen and oxygen atoms in total. The van der Waals surface area contributed by atoms with Crippen LogP contribution in [0, 0.1) is 0 Å². The number of halogens is 1. The molecule has 0 spiro atoms. The molecule has 0 radical (unpaired) electrons. The second-order valence-electron chi connectivity index (χ2n) is 4.15. The number of carbonyl (C=O) groups excluding carboxylic acids is 1. The lowest BCUT2D eigenvalue weighted by atomic mass is 10.2. The fourth-order valence-corrected chi connectivity index (χ4v) is 1.01. The summed E-state index contributed by atoms with van der Waals surface area (Å²) < 4.78 is 5.13. The van der Waals surface area contributed by atoms with Gasteiger partial charge in [0.05, 0.1) is 0 Å². The molecule has 90 valence electrons. The van der Waals surface area contributed by atoms with Crippen molar-refractivity contribution in [3.05, 3.63) is 24.4 Å². The Bertz CT molecular complexity index is 323. The van der Waals surface area contributed by atoms with E-state index in [1.54, 1.807) is 12.3 Å². The van der Waals surface area contributed by atoms with Crippen molar-refractivity contribution >= 4 is 24.2 Å². The first-order valence-electron chi connectivity index (χ1n) is 4.84. The number of nitrogens with zero attached hydrogens (tertiary/aromatic N) is 1. The van der Waals surface area contributed by atoms with E-state index < -0.39 is 5.60 Å². The minimum atomic E-state index is -0.442. The van der Waals surface area contributed by atoms with E-state index in [4.69, 9.17) is 4.74 Å². The number of ether oxygens (including phenoxy) is 1. The molecule has 1 aromatic heterocycles. The predicted molar refractivity (Wildman–Crippen MR) is 65.8 cm³/mol. The number of hydrogen-bond donors (Lipinski definition) is 1. The molecular weight excluding hydrogens is 228 g/mol. The van der Waals surface area contributed by atoms with Gasteiger partial charge >= 0.3 is 5.97 Å². The molecule has 5 heteroatoms.